The molecule has 0 radical (unpaired) electrons. The highest BCUT2D eigenvalue weighted by atomic mass is 19.3. The SMILES string of the molecule is Cc1ccc2c(c1)C(F)(F)OC(C)(F)C2. The Morgan fingerprint density at radius 2 is 1.93 bits per heavy atom. The fourth-order valence-electron chi connectivity index (χ4n) is 1.81. The molecule has 0 amide bonds. The third-order valence-corrected chi connectivity index (χ3v) is 2.43. The second-order valence-electron chi connectivity index (χ2n) is 4.06. The van der Waals surface area contributed by atoms with Gasteiger partial charge in [-0.3, -0.25) is 4.74 Å². The second kappa shape index (κ2) is 2.98. The summed E-state index contributed by atoms with van der Waals surface area (Å²) in [5.41, 5.74) is 0.791. The summed E-state index contributed by atoms with van der Waals surface area (Å²) in [6.45, 7) is 2.73. The van der Waals surface area contributed by atoms with Crippen LogP contribution in [0.15, 0.2) is 18.2 Å². The van der Waals surface area contributed by atoms with Crippen molar-refractivity contribution in [1.29, 1.82) is 0 Å². The molecule has 0 spiro atoms. The van der Waals surface area contributed by atoms with E-state index >= 15 is 0 Å². The minimum atomic E-state index is -3.54. The third-order valence-electron chi connectivity index (χ3n) is 2.43. The van der Waals surface area contributed by atoms with Gasteiger partial charge < -0.3 is 0 Å². The van der Waals surface area contributed by atoms with E-state index in [1.54, 1.807) is 13.0 Å². The molecule has 0 aromatic heterocycles. The van der Waals surface area contributed by atoms with Gasteiger partial charge in [0.05, 0.1) is 5.56 Å². The van der Waals surface area contributed by atoms with Crippen LogP contribution in [0.3, 0.4) is 0 Å². The molecule has 1 unspecified atom stereocenters. The van der Waals surface area contributed by atoms with Gasteiger partial charge >= 0.3 is 6.11 Å². The quantitative estimate of drug-likeness (QED) is 0.646. The van der Waals surface area contributed by atoms with Crippen molar-refractivity contribution in [3.05, 3.63) is 34.9 Å². The normalized spacial score (nSPS) is 28.6. The molecule has 15 heavy (non-hydrogen) atoms. The van der Waals surface area contributed by atoms with Crippen LogP contribution in [0.25, 0.3) is 0 Å². The number of hydrogen-bond acceptors (Lipinski definition) is 1. The van der Waals surface area contributed by atoms with Crippen LogP contribution in [0.1, 0.15) is 23.6 Å². The number of hydrogen-bond donors (Lipinski definition) is 0. The van der Waals surface area contributed by atoms with Crippen molar-refractivity contribution < 1.29 is 17.9 Å². The van der Waals surface area contributed by atoms with Gasteiger partial charge in [-0.15, -0.1) is 0 Å². The fourth-order valence-corrected chi connectivity index (χ4v) is 1.81. The van der Waals surface area contributed by atoms with Gasteiger partial charge in [-0.2, -0.15) is 8.78 Å². The molecule has 2 rings (SSSR count). The molecule has 0 N–H and O–H groups in total. The standard InChI is InChI=1S/C11H11F3O/c1-7-3-4-8-6-10(2,12)15-11(13,14)9(8)5-7/h3-5H,6H2,1-2H3. The lowest BCUT2D eigenvalue weighted by molar-refractivity contribution is -0.343. The number of benzene rings is 1. The minimum absolute atomic E-state index is 0.141. The van der Waals surface area contributed by atoms with E-state index < -0.39 is 12.0 Å². The van der Waals surface area contributed by atoms with Crippen LogP contribution in [0, 0.1) is 6.92 Å². The summed E-state index contributed by atoms with van der Waals surface area (Å²) in [5, 5.41) is 0. The summed E-state index contributed by atoms with van der Waals surface area (Å²) in [6.07, 6.45) is -3.68. The molecule has 0 fully saturated rings. The Bertz CT molecular complexity index is 399. The summed E-state index contributed by atoms with van der Waals surface area (Å²) in [7, 11) is 0. The Balaban J connectivity index is 2.55. The Morgan fingerprint density at radius 3 is 2.60 bits per heavy atom. The van der Waals surface area contributed by atoms with E-state index in [1.165, 1.54) is 12.1 Å². The smallest absolute Gasteiger partial charge is 0.279 e. The molecule has 1 aromatic rings. The zero-order valence-corrected chi connectivity index (χ0v) is 8.48. The highest BCUT2D eigenvalue weighted by Crippen LogP contribution is 2.43. The summed E-state index contributed by atoms with van der Waals surface area (Å²) in [6, 6.07) is 4.56. The van der Waals surface area contributed by atoms with Crippen molar-refractivity contribution >= 4 is 0 Å². The number of rotatable bonds is 0. The highest BCUT2D eigenvalue weighted by Gasteiger charge is 2.48. The maximum Gasteiger partial charge on any atom is 0.386 e. The molecule has 4 heteroatoms. The molecule has 0 aliphatic carbocycles. The first kappa shape index (κ1) is 10.5. The largest absolute Gasteiger partial charge is 0.386 e. The van der Waals surface area contributed by atoms with E-state index in [1.807, 2.05) is 0 Å². The van der Waals surface area contributed by atoms with Crippen molar-refractivity contribution in [2.24, 2.45) is 0 Å². The first-order valence-corrected chi connectivity index (χ1v) is 4.67. The average Bonchev–Trinajstić information content (AvgIpc) is 2.03. The molecular weight excluding hydrogens is 205 g/mol. The van der Waals surface area contributed by atoms with Crippen LogP contribution in [0.5, 0.6) is 0 Å². The first-order valence-electron chi connectivity index (χ1n) is 4.67. The van der Waals surface area contributed by atoms with Gasteiger partial charge in [0.1, 0.15) is 0 Å². The molecule has 0 saturated carbocycles. The number of halogens is 3. The van der Waals surface area contributed by atoms with E-state index in [0.29, 0.717) is 11.1 Å². The van der Waals surface area contributed by atoms with Crippen LogP contribution in [-0.2, 0) is 17.3 Å². The van der Waals surface area contributed by atoms with Gasteiger partial charge in [0.2, 0.25) is 5.85 Å². The predicted octanol–water partition coefficient (Wildman–Crippen LogP) is 3.30. The van der Waals surface area contributed by atoms with Crippen LogP contribution in [0.4, 0.5) is 13.2 Å². The van der Waals surface area contributed by atoms with Gasteiger partial charge in [0, 0.05) is 6.42 Å². The van der Waals surface area contributed by atoms with Crippen LogP contribution in [-0.4, -0.2) is 5.85 Å². The maximum absolute atomic E-state index is 13.4. The molecule has 1 aliphatic heterocycles. The average molecular weight is 216 g/mol. The van der Waals surface area contributed by atoms with E-state index in [9.17, 15) is 13.2 Å². The molecule has 82 valence electrons. The van der Waals surface area contributed by atoms with Gasteiger partial charge in [-0.1, -0.05) is 17.7 Å². The van der Waals surface area contributed by atoms with Crippen molar-refractivity contribution in [2.45, 2.75) is 32.2 Å². The Kier molecular flexibility index (Phi) is 2.08. The van der Waals surface area contributed by atoms with Gasteiger partial charge in [-0.25, -0.2) is 4.39 Å². The van der Waals surface area contributed by atoms with Crippen LogP contribution < -0.4 is 0 Å². The number of ether oxygens (including phenoxy) is 1. The van der Waals surface area contributed by atoms with Crippen molar-refractivity contribution in [3.8, 4) is 0 Å². The monoisotopic (exact) mass is 216 g/mol. The number of alkyl halides is 3. The van der Waals surface area contributed by atoms with E-state index in [0.717, 1.165) is 6.92 Å². The Hall–Kier alpha value is -1.03. The predicted molar refractivity (Wildman–Crippen MR) is 49.4 cm³/mol. The van der Waals surface area contributed by atoms with Gasteiger partial charge in [0.25, 0.3) is 0 Å². The van der Waals surface area contributed by atoms with E-state index in [-0.39, 0.29) is 12.0 Å². The molecule has 0 bridgehead atoms. The molecule has 1 atom stereocenters. The Labute approximate surface area is 85.9 Å². The summed E-state index contributed by atoms with van der Waals surface area (Å²) < 4.78 is 44.4. The molecule has 1 aliphatic rings. The van der Waals surface area contributed by atoms with Crippen LogP contribution in [0.2, 0.25) is 0 Å². The molecule has 1 nitrogen and oxygen atoms in total. The highest BCUT2D eigenvalue weighted by molar-refractivity contribution is 5.36. The zero-order chi connectivity index (χ0) is 11.3. The lowest BCUT2D eigenvalue weighted by Crippen LogP contribution is -2.39. The number of aryl methyl sites for hydroxylation is 1. The van der Waals surface area contributed by atoms with Crippen molar-refractivity contribution in [3.63, 3.8) is 0 Å². The fraction of sp³-hybridized carbons (Fsp3) is 0.455. The molecule has 1 aromatic carbocycles. The lowest BCUT2D eigenvalue weighted by atomic mass is 9.95. The van der Waals surface area contributed by atoms with Crippen molar-refractivity contribution in [1.82, 2.24) is 0 Å². The number of fused-ring (bicyclic) bond motifs is 1. The zero-order valence-electron chi connectivity index (χ0n) is 8.48. The first-order chi connectivity index (χ1) is 6.80. The van der Waals surface area contributed by atoms with Gasteiger partial charge in [-0.05, 0) is 25.5 Å². The van der Waals surface area contributed by atoms with Crippen LogP contribution >= 0.6 is 0 Å². The van der Waals surface area contributed by atoms with E-state index in [2.05, 4.69) is 4.74 Å². The Morgan fingerprint density at radius 1 is 1.27 bits per heavy atom. The molecular formula is C11H11F3O. The summed E-state index contributed by atoms with van der Waals surface area (Å²) >= 11 is 0. The maximum atomic E-state index is 13.4. The second-order valence-corrected chi connectivity index (χ2v) is 4.06. The topological polar surface area (TPSA) is 9.23 Å². The lowest BCUT2D eigenvalue weighted by Gasteiger charge is -2.34. The molecule has 0 saturated heterocycles. The third kappa shape index (κ3) is 1.86. The minimum Gasteiger partial charge on any atom is -0.279 e. The van der Waals surface area contributed by atoms with Crippen molar-refractivity contribution in [2.75, 3.05) is 0 Å². The van der Waals surface area contributed by atoms with E-state index in [4.69, 9.17) is 0 Å². The summed E-state index contributed by atoms with van der Waals surface area (Å²) in [5.74, 6) is -2.30. The summed E-state index contributed by atoms with van der Waals surface area (Å²) in [4.78, 5) is 0. The molecule has 1 heterocycles. The van der Waals surface area contributed by atoms with Gasteiger partial charge in [0.15, 0.2) is 0 Å².